The Morgan fingerprint density at radius 2 is 1.96 bits per heavy atom. The zero-order chi connectivity index (χ0) is 20.2. The van der Waals surface area contributed by atoms with E-state index in [0.717, 1.165) is 36.1 Å². The van der Waals surface area contributed by atoms with E-state index in [0.29, 0.717) is 11.3 Å². The number of aryl methyl sites for hydroxylation is 2. The van der Waals surface area contributed by atoms with Gasteiger partial charge in [0.15, 0.2) is 0 Å². The third-order valence-electron chi connectivity index (χ3n) is 4.38. The quantitative estimate of drug-likeness (QED) is 0.717. The van der Waals surface area contributed by atoms with Gasteiger partial charge in [-0.1, -0.05) is 27.2 Å². The summed E-state index contributed by atoms with van der Waals surface area (Å²) < 4.78 is 26.2. The van der Waals surface area contributed by atoms with Crippen LogP contribution < -0.4 is 10.3 Å². The summed E-state index contributed by atoms with van der Waals surface area (Å²) >= 11 is 0. The van der Waals surface area contributed by atoms with Crippen LogP contribution in [0.4, 0.5) is 5.95 Å². The smallest absolute Gasteiger partial charge is 0.251 e. The van der Waals surface area contributed by atoms with E-state index in [1.807, 2.05) is 19.9 Å². The van der Waals surface area contributed by atoms with E-state index in [9.17, 15) is 13.2 Å². The molecule has 27 heavy (non-hydrogen) atoms. The average Bonchev–Trinajstić information content (AvgIpc) is 2.62. The van der Waals surface area contributed by atoms with Gasteiger partial charge in [-0.2, -0.15) is 0 Å². The number of anilines is 1. The van der Waals surface area contributed by atoms with Gasteiger partial charge in [-0.05, 0) is 44.2 Å². The highest BCUT2D eigenvalue weighted by Crippen LogP contribution is 2.30. The maximum absolute atomic E-state index is 12.1. The van der Waals surface area contributed by atoms with Crippen molar-refractivity contribution in [3.8, 4) is 11.3 Å². The lowest BCUT2D eigenvalue weighted by Gasteiger charge is -2.16. The van der Waals surface area contributed by atoms with E-state index in [-0.39, 0.29) is 23.2 Å². The Balaban J connectivity index is 2.68. The Morgan fingerprint density at radius 1 is 1.26 bits per heavy atom. The normalized spacial score (nSPS) is 11.8. The van der Waals surface area contributed by atoms with Gasteiger partial charge in [0.1, 0.15) is 0 Å². The first-order chi connectivity index (χ1) is 12.7. The number of unbranched alkanes of at least 4 members (excludes halogenated alkanes) is 1. The molecule has 0 aliphatic heterocycles. The Bertz CT molecular complexity index is 965. The molecule has 0 atom stereocenters. The van der Waals surface area contributed by atoms with Crippen LogP contribution in [0.1, 0.15) is 63.3 Å². The molecule has 2 N–H and O–H groups in total. The molecule has 2 rings (SSSR count). The summed E-state index contributed by atoms with van der Waals surface area (Å²) in [6, 6.07) is 1.82. The number of H-pyrrole nitrogens is 1. The second kappa shape index (κ2) is 8.65. The van der Waals surface area contributed by atoms with Gasteiger partial charge in [0, 0.05) is 23.0 Å². The molecule has 0 saturated carbocycles. The molecule has 8 heteroatoms. The Labute approximate surface area is 160 Å². The zero-order valence-electron chi connectivity index (χ0n) is 16.6. The molecule has 0 fully saturated rings. The van der Waals surface area contributed by atoms with Crippen molar-refractivity contribution in [2.75, 3.05) is 10.5 Å². The number of hydrogen-bond donors (Lipinski definition) is 2. The highest BCUT2D eigenvalue weighted by Gasteiger charge is 2.18. The number of hydrogen-bond acceptors (Lipinski definition) is 5. The minimum Gasteiger partial charge on any atom is -0.325 e. The van der Waals surface area contributed by atoms with Crippen LogP contribution in [-0.4, -0.2) is 29.1 Å². The molecule has 2 aromatic rings. The van der Waals surface area contributed by atoms with Crippen LogP contribution in [0.15, 0.2) is 17.1 Å². The van der Waals surface area contributed by atoms with Crippen LogP contribution in [-0.2, 0) is 16.4 Å². The molecular formula is C19H28N4O3S. The molecule has 0 saturated heterocycles. The molecular weight excluding hydrogens is 364 g/mol. The number of aromatic amines is 1. The van der Waals surface area contributed by atoms with Crippen molar-refractivity contribution in [1.29, 1.82) is 0 Å². The monoisotopic (exact) mass is 392 g/mol. The van der Waals surface area contributed by atoms with Crippen molar-refractivity contribution in [1.82, 2.24) is 15.0 Å². The molecule has 0 unspecified atom stereocenters. The number of rotatable bonds is 8. The van der Waals surface area contributed by atoms with Gasteiger partial charge in [0.2, 0.25) is 16.0 Å². The fourth-order valence-electron chi connectivity index (χ4n) is 2.75. The van der Waals surface area contributed by atoms with Crippen LogP contribution in [0.25, 0.3) is 11.3 Å². The SMILES string of the molecule is CCCCc1cnc(NS(=O)(=O)CC)nc1-c1cc(C)c(=O)[nH]c1C(C)C. The third-order valence-corrected chi connectivity index (χ3v) is 5.63. The second-order valence-electron chi connectivity index (χ2n) is 6.94. The Morgan fingerprint density at radius 3 is 2.56 bits per heavy atom. The lowest BCUT2D eigenvalue weighted by Crippen LogP contribution is -2.18. The fourth-order valence-corrected chi connectivity index (χ4v) is 3.27. The van der Waals surface area contributed by atoms with Gasteiger partial charge in [-0.25, -0.2) is 18.4 Å². The van der Waals surface area contributed by atoms with Gasteiger partial charge >= 0.3 is 0 Å². The first-order valence-corrected chi connectivity index (χ1v) is 10.9. The number of nitrogens with one attached hydrogen (secondary N) is 2. The average molecular weight is 393 g/mol. The summed E-state index contributed by atoms with van der Waals surface area (Å²) in [6.07, 6.45) is 4.44. The molecule has 2 aromatic heterocycles. The van der Waals surface area contributed by atoms with Crippen LogP contribution in [0, 0.1) is 6.92 Å². The van der Waals surface area contributed by atoms with Crippen molar-refractivity contribution in [2.24, 2.45) is 0 Å². The second-order valence-corrected chi connectivity index (χ2v) is 8.95. The van der Waals surface area contributed by atoms with E-state index in [2.05, 4.69) is 26.6 Å². The predicted octanol–water partition coefficient (Wildman–Crippen LogP) is 3.37. The van der Waals surface area contributed by atoms with E-state index >= 15 is 0 Å². The maximum atomic E-state index is 12.1. The van der Waals surface area contributed by atoms with E-state index in [1.165, 1.54) is 0 Å². The summed E-state index contributed by atoms with van der Waals surface area (Å²) in [5.74, 6) is 0.0712. The van der Waals surface area contributed by atoms with Crippen molar-refractivity contribution >= 4 is 16.0 Å². The molecule has 0 aliphatic rings. The molecule has 0 amide bonds. The lowest BCUT2D eigenvalue weighted by molar-refractivity contribution is 0.602. The highest BCUT2D eigenvalue weighted by molar-refractivity contribution is 7.92. The molecule has 0 radical (unpaired) electrons. The van der Waals surface area contributed by atoms with Crippen LogP contribution in [0.2, 0.25) is 0 Å². The molecule has 0 aromatic carbocycles. The summed E-state index contributed by atoms with van der Waals surface area (Å²) in [6.45, 7) is 9.41. The predicted molar refractivity (Wildman–Crippen MR) is 109 cm³/mol. The Hall–Kier alpha value is -2.22. The largest absolute Gasteiger partial charge is 0.325 e. The summed E-state index contributed by atoms with van der Waals surface area (Å²) in [5, 5.41) is 0. The van der Waals surface area contributed by atoms with Crippen molar-refractivity contribution in [3.63, 3.8) is 0 Å². The van der Waals surface area contributed by atoms with Gasteiger partial charge < -0.3 is 4.98 Å². The third kappa shape index (κ3) is 5.15. The van der Waals surface area contributed by atoms with Crippen molar-refractivity contribution in [3.05, 3.63) is 39.4 Å². The minimum absolute atomic E-state index is 0.0469. The number of nitrogens with zero attached hydrogens (tertiary/aromatic N) is 2. The topological polar surface area (TPSA) is 105 Å². The summed E-state index contributed by atoms with van der Waals surface area (Å²) in [7, 11) is -3.48. The molecule has 0 bridgehead atoms. The van der Waals surface area contributed by atoms with Gasteiger partial charge in [-0.15, -0.1) is 0 Å². The fraction of sp³-hybridized carbons (Fsp3) is 0.526. The van der Waals surface area contributed by atoms with Crippen molar-refractivity contribution < 1.29 is 8.42 Å². The first-order valence-electron chi connectivity index (χ1n) is 9.29. The van der Waals surface area contributed by atoms with E-state index < -0.39 is 10.0 Å². The number of aromatic nitrogens is 3. The number of sulfonamides is 1. The summed E-state index contributed by atoms with van der Waals surface area (Å²) in [4.78, 5) is 23.8. The molecule has 0 spiro atoms. The van der Waals surface area contributed by atoms with Gasteiger partial charge in [0.05, 0.1) is 11.4 Å². The summed E-state index contributed by atoms with van der Waals surface area (Å²) in [5.41, 5.74) is 3.66. The number of pyridine rings is 1. The van der Waals surface area contributed by atoms with Crippen LogP contribution in [0.3, 0.4) is 0 Å². The highest BCUT2D eigenvalue weighted by atomic mass is 32.2. The Kier molecular flexibility index (Phi) is 6.75. The van der Waals surface area contributed by atoms with E-state index in [4.69, 9.17) is 0 Å². The van der Waals surface area contributed by atoms with E-state index in [1.54, 1.807) is 20.0 Å². The zero-order valence-corrected chi connectivity index (χ0v) is 17.4. The van der Waals surface area contributed by atoms with Gasteiger partial charge in [0.25, 0.3) is 5.56 Å². The molecule has 7 nitrogen and oxygen atoms in total. The molecule has 0 aliphatic carbocycles. The van der Waals surface area contributed by atoms with Crippen LogP contribution >= 0.6 is 0 Å². The minimum atomic E-state index is -3.48. The lowest BCUT2D eigenvalue weighted by atomic mass is 9.96. The standard InChI is InChI=1S/C19H28N4O3S/c1-6-8-9-14-11-20-19(23-27(25,26)7-2)22-17(14)15-10-13(5)18(24)21-16(15)12(3)4/h10-12H,6-9H2,1-5H3,(H,21,24)(H,20,22,23). The molecule has 2 heterocycles. The van der Waals surface area contributed by atoms with Crippen LogP contribution in [0.5, 0.6) is 0 Å². The first kappa shape index (κ1) is 21.1. The van der Waals surface area contributed by atoms with Crippen molar-refractivity contribution in [2.45, 2.75) is 59.8 Å². The molecule has 148 valence electrons. The maximum Gasteiger partial charge on any atom is 0.251 e. The van der Waals surface area contributed by atoms with Gasteiger partial charge in [-0.3, -0.25) is 9.52 Å².